The van der Waals surface area contributed by atoms with Crippen LogP contribution in [0.3, 0.4) is 0 Å². The maximum absolute atomic E-state index is 13.5. The number of aliphatic hydroxyl groups is 1. The van der Waals surface area contributed by atoms with E-state index in [0.717, 1.165) is 31.4 Å². The zero-order chi connectivity index (χ0) is 29.0. The number of nitrogens with two attached hydrogens (primary N) is 2. The molecule has 5 atom stereocenters. The van der Waals surface area contributed by atoms with E-state index in [1.807, 2.05) is 51.1 Å². The molecule has 1 heterocycles. The topological polar surface area (TPSA) is 134 Å². The fraction of sp³-hybridized carbons (Fsp3) is 0.562. The average molecular weight is 550 g/mol. The second-order valence-corrected chi connectivity index (χ2v) is 12.9. The lowest BCUT2D eigenvalue weighted by Gasteiger charge is -2.47. The molecule has 0 unspecified atom stereocenters. The van der Waals surface area contributed by atoms with Gasteiger partial charge in [0.15, 0.2) is 0 Å². The Morgan fingerprint density at radius 1 is 1.07 bits per heavy atom. The molecule has 218 valence electrons. The number of likely N-dealkylation sites (tertiary alicyclic amines) is 1. The molecule has 2 amide bonds. The zero-order valence-corrected chi connectivity index (χ0v) is 24.5. The van der Waals surface area contributed by atoms with E-state index in [0.29, 0.717) is 47.3 Å². The number of nitrogen functional groups attached to an aromatic ring is 2. The third-order valence-corrected chi connectivity index (χ3v) is 8.52. The first-order chi connectivity index (χ1) is 18.9. The molecule has 8 heteroatoms. The number of nitrogens with one attached hydrogen (secondary N) is 2. The average Bonchev–Trinajstić information content (AvgIpc) is 2.89. The minimum atomic E-state index is -0.895. The summed E-state index contributed by atoms with van der Waals surface area (Å²) < 4.78 is 0. The van der Waals surface area contributed by atoms with Crippen LogP contribution in [0.15, 0.2) is 42.5 Å². The van der Waals surface area contributed by atoms with E-state index in [2.05, 4.69) is 15.5 Å². The number of carbonyl (C=O) groups excluding carboxylic acids is 2. The molecule has 1 aliphatic carbocycles. The summed E-state index contributed by atoms with van der Waals surface area (Å²) in [4.78, 5) is 29.1. The molecule has 0 aromatic heterocycles. The highest BCUT2D eigenvalue weighted by atomic mass is 16.3. The molecule has 2 fully saturated rings. The molecule has 4 rings (SSSR count). The van der Waals surface area contributed by atoms with Gasteiger partial charge >= 0.3 is 0 Å². The van der Waals surface area contributed by atoms with Crippen LogP contribution in [0.5, 0.6) is 0 Å². The van der Waals surface area contributed by atoms with E-state index < -0.39 is 12.1 Å². The number of hydrogen-bond acceptors (Lipinski definition) is 6. The van der Waals surface area contributed by atoms with Crippen molar-refractivity contribution in [2.45, 2.75) is 89.9 Å². The molecule has 7 N–H and O–H groups in total. The van der Waals surface area contributed by atoms with Gasteiger partial charge in [-0.05, 0) is 82.1 Å². The molecule has 1 saturated heterocycles. The summed E-state index contributed by atoms with van der Waals surface area (Å²) in [5.41, 5.74) is 14.6. The van der Waals surface area contributed by atoms with Crippen molar-refractivity contribution in [2.75, 3.05) is 24.6 Å². The van der Waals surface area contributed by atoms with Crippen LogP contribution in [-0.2, 0) is 11.2 Å². The number of piperidine rings is 1. The normalized spacial score (nSPS) is 23.1. The maximum atomic E-state index is 13.5. The Labute approximate surface area is 238 Å². The number of amides is 2. The van der Waals surface area contributed by atoms with Crippen molar-refractivity contribution < 1.29 is 14.7 Å². The number of β-amino-alcohol motifs (C(OH)–C–C–N with tert-alkyl or cyclic N) is 1. The predicted molar refractivity (Wildman–Crippen MR) is 161 cm³/mol. The first-order valence-electron chi connectivity index (χ1n) is 14.7. The molecule has 8 nitrogen and oxygen atoms in total. The van der Waals surface area contributed by atoms with Crippen molar-refractivity contribution in [3.05, 3.63) is 59.2 Å². The number of carbonyl (C=O) groups is 2. The van der Waals surface area contributed by atoms with E-state index >= 15 is 0 Å². The van der Waals surface area contributed by atoms with Crippen molar-refractivity contribution in [3.8, 4) is 0 Å². The summed E-state index contributed by atoms with van der Waals surface area (Å²) in [7, 11) is 0. The minimum Gasteiger partial charge on any atom is -0.399 e. The van der Waals surface area contributed by atoms with Crippen LogP contribution < -0.4 is 22.1 Å². The monoisotopic (exact) mass is 549 g/mol. The van der Waals surface area contributed by atoms with Gasteiger partial charge in [-0.25, -0.2) is 0 Å². The SMILES string of the molecule is Cc1c(N)cc(N)cc1C(=O)N[C@@H](Cc1ccccc1)[C@@H](O)CN1C[C@H]2CCCC[C@H]2C[C@H]1C(=O)NC(C)(C)C. The molecular formula is C32H47N5O3. The highest BCUT2D eigenvalue weighted by Crippen LogP contribution is 2.39. The molecule has 1 aliphatic heterocycles. The van der Waals surface area contributed by atoms with Crippen LogP contribution >= 0.6 is 0 Å². The van der Waals surface area contributed by atoms with Gasteiger partial charge in [-0.15, -0.1) is 0 Å². The Hall–Kier alpha value is -3.10. The van der Waals surface area contributed by atoms with Gasteiger partial charge in [0.05, 0.1) is 18.2 Å². The quantitative estimate of drug-likeness (QED) is 0.319. The Bertz CT molecular complexity index is 1180. The van der Waals surface area contributed by atoms with Crippen LogP contribution in [0.25, 0.3) is 0 Å². The maximum Gasteiger partial charge on any atom is 0.252 e. The summed E-state index contributed by atoms with van der Waals surface area (Å²) in [5, 5.41) is 17.9. The number of anilines is 2. The van der Waals surface area contributed by atoms with Crippen LogP contribution in [0.2, 0.25) is 0 Å². The number of aliphatic hydroxyl groups excluding tert-OH is 1. The highest BCUT2D eigenvalue weighted by molar-refractivity contribution is 5.98. The lowest BCUT2D eigenvalue weighted by atomic mass is 9.72. The van der Waals surface area contributed by atoms with Crippen LogP contribution in [0.4, 0.5) is 11.4 Å². The van der Waals surface area contributed by atoms with Gasteiger partial charge in [0.2, 0.25) is 5.91 Å². The van der Waals surface area contributed by atoms with Crippen molar-refractivity contribution in [3.63, 3.8) is 0 Å². The summed E-state index contributed by atoms with van der Waals surface area (Å²) in [6.07, 6.45) is 5.11. The van der Waals surface area contributed by atoms with Crippen LogP contribution in [0, 0.1) is 18.8 Å². The smallest absolute Gasteiger partial charge is 0.252 e. The largest absolute Gasteiger partial charge is 0.399 e. The Morgan fingerprint density at radius 2 is 1.75 bits per heavy atom. The molecular weight excluding hydrogens is 502 g/mol. The van der Waals surface area contributed by atoms with Gasteiger partial charge < -0.3 is 27.2 Å². The lowest BCUT2D eigenvalue weighted by Crippen LogP contribution is -2.60. The Kier molecular flexibility index (Phi) is 9.41. The summed E-state index contributed by atoms with van der Waals surface area (Å²) in [6, 6.07) is 12.2. The molecule has 2 aromatic rings. The van der Waals surface area contributed by atoms with Crippen LogP contribution in [0.1, 0.15) is 74.4 Å². The molecule has 1 saturated carbocycles. The first kappa shape index (κ1) is 29.9. The van der Waals surface area contributed by atoms with Gasteiger partial charge in [0.1, 0.15) is 0 Å². The summed E-state index contributed by atoms with van der Waals surface area (Å²) >= 11 is 0. The predicted octanol–water partition coefficient (Wildman–Crippen LogP) is 3.66. The summed E-state index contributed by atoms with van der Waals surface area (Å²) in [6.45, 7) is 8.84. The molecule has 40 heavy (non-hydrogen) atoms. The Morgan fingerprint density at radius 3 is 2.42 bits per heavy atom. The number of rotatable bonds is 8. The van der Waals surface area contributed by atoms with Gasteiger partial charge in [-0.3, -0.25) is 14.5 Å². The zero-order valence-electron chi connectivity index (χ0n) is 24.5. The fourth-order valence-electron chi connectivity index (χ4n) is 6.39. The van der Waals surface area contributed by atoms with Crippen molar-refractivity contribution in [1.29, 1.82) is 0 Å². The van der Waals surface area contributed by atoms with Crippen LogP contribution in [-0.4, -0.2) is 58.6 Å². The van der Waals surface area contributed by atoms with Gasteiger partial charge in [-0.2, -0.15) is 0 Å². The van der Waals surface area contributed by atoms with Crippen molar-refractivity contribution >= 4 is 23.2 Å². The second kappa shape index (κ2) is 12.6. The van der Waals surface area contributed by atoms with Crippen molar-refractivity contribution in [1.82, 2.24) is 15.5 Å². The van der Waals surface area contributed by atoms with E-state index in [-0.39, 0.29) is 23.4 Å². The number of fused-ring (bicyclic) bond motifs is 1. The highest BCUT2D eigenvalue weighted by Gasteiger charge is 2.41. The van der Waals surface area contributed by atoms with Crippen molar-refractivity contribution in [2.24, 2.45) is 11.8 Å². The fourth-order valence-corrected chi connectivity index (χ4v) is 6.39. The molecule has 2 aliphatic rings. The Balaban J connectivity index is 1.57. The van der Waals surface area contributed by atoms with E-state index in [1.165, 1.54) is 12.8 Å². The summed E-state index contributed by atoms with van der Waals surface area (Å²) in [5.74, 6) is 0.747. The number of benzene rings is 2. The first-order valence-corrected chi connectivity index (χ1v) is 14.7. The second-order valence-electron chi connectivity index (χ2n) is 12.9. The molecule has 0 spiro atoms. The van der Waals surface area contributed by atoms with E-state index in [4.69, 9.17) is 11.5 Å². The van der Waals surface area contributed by atoms with Gasteiger partial charge in [-0.1, -0.05) is 49.6 Å². The molecule has 0 bridgehead atoms. The van der Waals surface area contributed by atoms with E-state index in [9.17, 15) is 14.7 Å². The van der Waals surface area contributed by atoms with Gasteiger partial charge in [0, 0.05) is 35.6 Å². The number of nitrogens with zero attached hydrogens (tertiary/aromatic N) is 1. The minimum absolute atomic E-state index is 0.0122. The molecule has 2 aromatic carbocycles. The number of hydrogen-bond donors (Lipinski definition) is 5. The van der Waals surface area contributed by atoms with E-state index in [1.54, 1.807) is 19.1 Å². The standard InChI is InChI=1S/C32H47N5O3/c1-20-25(16-24(33)17-26(20)34)30(39)35-27(14-21-10-6-5-7-11-21)29(38)19-37-18-23-13-9-8-12-22(23)15-28(37)31(40)36-32(2,3)4/h5-7,10-11,16-17,22-23,27-29,38H,8-9,12-15,18-19,33-34H2,1-4H3,(H,35,39)(H,36,40)/t22-,23+,27-,28-,29-/m0/s1. The third-order valence-electron chi connectivity index (χ3n) is 8.52. The lowest BCUT2D eigenvalue weighted by molar-refractivity contribution is -0.132. The molecule has 0 radical (unpaired) electrons. The third kappa shape index (κ3) is 7.55. The van der Waals surface area contributed by atoms with Gasteiger partial charge in [0.25, 0.3) is 5.91 Å².